The molecule has 1 unspecified atom stereocenters. The predicted molar refractivity (Wildman–Crippen MR) is 118 cm³/mol. The van der Waals surface area contributed by atoms with E-state index in [0.717, 1.165) is 0 Å². The molecule has 166 valence electrons. The molecular weight excluding hydrogens is 436 g/mol. The summed E-state index contributed by atoms with van der Waals surface area (Å²) in [5, 5.41) is 32.0. The standard InChI is InChI=1S/C21H21ClN6O4/c1-32-17-6-5-13(22)10-14(17)19-16(12-25-27(19)8-2-4-18(29)30)26-21(31)15-11-24-28-9-3-7-23-20(15)28/h3,5-7,9-12,21,26,31H,2,4,8H2,1H3,(H,29,30). The number of aliphatic hydroxyl groups excluding tert-OH is 1. The number of aryl methyl sites for hydroxylation is 1. The predicted octanol–water partition coefficient (Wildman–Crippen LogP) is 3.22. The number of anilines is 1. The lowest BCUT2D eigenvalue weighted by Crippen LogP contribution is -2.11. The maximum atomic E-state index is 11.0. The quantitative estimate of drug-likeness (QED) is 0.328. The number of carboxylic acids is 1. The maximum Gasteiger partial charge on any atom is 0.303 e. The van der Waals surface area contributed by atoms with Crippen molar-refractivity contribution in [2.24, 2.45) is 0 Å². The van der Waals surface area contributed by atoms with Gasteiger partial charge in [0.25, 0.3) is 0 Å². The average molecular weight is 457 g/mol. The normalized spacial score (nSPS) is 12.1. The lowest BCUT2D eigenvalue weighted by Gasteiger charge is -2.17. The van der Waals surface area contributed by atoms with Crippen molar-refractivity contribution in [3.05, 3.63) is 59.6 Å². The number of carbonyl (C=O) groups is 1. The molecule has 10 nitrogen and oxygen atoms in total. The molecule has 0 aliphatic carbocycles. The molecule has 0 saturated heterocycles. The number of methoxy groups -OCH3 is 1. The number of hydrogen-bond donors (Lipinski definition) is 3. The van der Waals surface area contributed by atoms with E-state index in [1.165, 1.54) is 6.20 Å². The number of halogens is 1. The van der Waals surface area contributed by atoms with Crippen molar-refractivity contribution < 1.29 is 19.7 Å². The van der Waals surface area contributed by atoms with Crippen molar-refractivity contribution in [1.82, 2.24) is 24.4 Å². The zero-order valence-corrected chi connectivity index (χ0v) is 17.9. The summed E-state index contributed by atoms with van der Waals surface area (Å²) in [5.74, 6) is -0.321. The number of fused-ring (bicyclic) bond motifs is 1. The second-order valence-corrected chi connectivity index (χ2v) is 7.44. The average Bonchev–Trinajstić information content (AvgIpc) is 3.37. The van der Waals surface area contributed by atoms with Gasteiger partial charge in [-0.2, -0.15) is 10.2 Å². The highest BCUT2D eigenvalue weighted by atomic mass is 35.5. The van der Waals surface area contributed by atoms with E-state index in [4.69, 9.17) is 21.4 Å². The fraction of sp³-hybridized carbons (Fsp3) is 0.238. The van der Waals surface area contributed by atoms with Gasteiger partial charge in [-0.1, -0.05) is 11.6 Å². The Morgan fingerprint density at radius 1 is 1.31 bits per heavy atom. The van der Waals surface area contributed by atoms with E-state index in [1.54, 1.807) is 59.2 Å². The number of carboxylic acid groups (broad SMARTS) is 1. The van der Waals surface area contributed by atoms with Crippen LogP contribution in [0.15, 0.2) is 49.1 Å². The monoisotopic (exact) mass is 456 g/mol. The Morgan fingerprint density at radius 3 is 2.94 bits per heavy atom. The molecule has 3 heterocycles. The van der Waals surface area contributed by atoms with Crippen LogP contribution in [0.3, 0.4) is 0 Å². The van der Waals surface area contributed by atoms with Crippen LogP contribution in [0.2, 0.25) is 5.02 Å². The summed E-state index contributed by atoms with van der Waals surface area (Å²) in [6, 6.07) is 6.93. The number of aliphatic carboxylic acids is 1. The lowest BCUT2D eigenvalue weighted by atomic mass is 10.1. The zero-order valence-electron chi connectivity index (χ0n) is 17.1. The fourth-order valence-corrected chi connectivity index (χ4v) is 3.63. The molecule has 0 aliphatic rings. The minimum absolute atomic E-state index is 0.00539. The molecule has 0 bridgehead atoms. The fourth-order valence-electron chi connectivity index (χ4n) is 3.45. The first kappa shape index (κ1) is 21.6. The van der Waals surface area contributed by atoms with Gasteiger partial charge in [0.2, 0.25) is 0 Å². The summed E-state index contributed by atoms with van der Waals surface area (Å²) >= 11 is 6.24. The van der Waals surface area contributed by atoms with E-state index in [0.29, 0.717) is 51.9 Å². The summed E-state index contributed by atoms with van der Waals surface area (Å²) in [6.45, 7) is 0.355. The molecule has 0 radical (unpaired) electrons. The van der Waals surface area contributed by atoms with Crippen LogP contribution in [-0.4, -0.2) is 47.7 Å². The number of hydrogen-bond acceptors (Lipinski definition) is 7. The lowest BCUT2D eigenvalue weighted by molar-refractivity contribution is -0.137. The van der Waals surface area contributed by atoms with Gasteiger partial charge in [-0.25, -0.2) is 9.50 Å². The van der Waals surface area contributed by atoms with E-state index in [-0.39, 0.29) is 6.42 Å². The number of nitrogens with one attached hydrogen (secondary N) is 1. The van der Waals surface area contributed by atoms with Crippen LogP contribution in [0, 0.1) is 0 Å². The first-order chi connectivity index (χ1) is 15.5. The third kappa shape index (κ3) is 4.36. The molecule has 0 amide bonds. The van der Waals surface area contributed by atoms with Crippen LogP contribution < -0.4 is 10.1 Å². The van der Waals surface area contributed by atoms with Gasteiger partial charge in [-0.3, -0.25) is 9.48 Å². The van der Waals surface area contributed by atoms with Gasteiger partial charge in [0, 0.05) is 35.9 Å². The molecule has 4 aromatic rings. The first-order valence-electron chi connectivity index (χ1n) is 9.82. The van der Waals surface area contributed by atoms with Gasteiger partial charge in [-0.15, -0.1) is 0 Å². The second-order valence-electron chi connectivity index (χ2n) is 7.01. The Labute approximate surface area is 188 Å². The Bertz CT molecular complexity index is 1250. The largest absolute Gasteiger partial charge is 0.496 e. The number of ether oxygens (including phenoxy) is 1. The molecular formula is C21H21ClN6O4. The molecule has 32 heavy (non-hydrogen) atoms. The van der Waals surface area contributed by atoms with Gasteiger partial charge in [0.15, 0.2) is 11.9 Å². The van der Waals surface area contributed by atoms with E-state index in [2.05, 4.69) is 20.5 Å². The van der Waals surface area contributed by atoms with Crippen LogP contribution in [0.25, 0.3) is 16.9 Å². The van der Waals surface area contributed by atoms with Crippen LogP contribution in [-0.2, 0) is 11.3 Å². The molecule has 0 spiro atoms. The van der Waals surface area contributed by atoms with Crippen LogP contribution in [0.1, 0.15) is 24.6 Å². The van der Waals surface area contributed by atoms with Crippen molar-refractivity contribution in [1.29, 1.82) is 0 Å². The second kappa shape index (κ2) is 9.25. The number of nitrogens with zero attached hydrogens (tertiary/aromatic N) is 5. The van der Waals surface area contributed by atoms with Gasteiger partial charge < -0.3 is 20.3 Å². The summed E-state index contributed by atoms with van der Waals surface area (Å²) in [4.78, 5) is 15.2. The Kier molecular flexibility index (Phi) is 6.24. The van der Waals surface area contributed by atoms with Crippen LogP contribution in [0.4, 0.5) is 5.69 Å². The third-order valence-electron chi connectivity index (χ3n) is 4.91. The van der Waals surface area contributed by atoms with Gasteiger partial charge >= 0.3 is 5.97 Å². The van der Waals surface area contributed by atoms with Crippen molar-refractivity contribution >= 4 is 28.9 Å². The van der Waals surface area contributed by atoms with Crippen LogP contribution in [0.5, 0.6) is 5.75 Å². The first-order valence-corrected chi connectivity index (χ1v) is 10.2. The Hall–Kier alpha value is -3.63. The Morgan fingerprint density at radius 2 is 2.16 bits per heavy atom. The van der Waals surface area contributed by atoms with E-state index >= 15 is 0 Å². The van der Waals surface area contributed by atoms with Gasteiger partial charge in [0.1, 0.15) is 5.75 Å². The minimum atomic E-state index is -1.12. The molecule has 0 fully saturated rings. The van der Waals surface area contributed by atoms with E-state index in [1.807, 2.05) is 0 Å². The molecule has 1 atom stereocenters. The van der Waals surface area contributed by atoms with Crippen molar-refractivity contribution in [3.63, 3.8) is 0 Å². The molecule has 3 N–H and O–H groups in total. The summed E-state index contributed by atoms with van der Waals surface area (Å²) in [6.07, 6.45) is 5.73. The topological polar surface area (TPSA) is 127 Å². The summed E-state index contributed by atoms with van der Waals surface area (Å²) in [7, 11) is 1.55. The van der Waals surface area contributed by atoms with Gasteiger partial charge in [-0.05, 0) is 30.7 Å². The smallest absolute Gasteiger partial charge is 0.303 e. The highest BCUT2D eigenvalue weighted by Crippen LogP contribution is 2.38. The van der Waals surface area contributed by atoms with Crippen molar-refractivity contribution in [2.75, 3.05) is 12.4 Å². The number of aliphatic hydroxyl groups is 1. The molecule has 11 heteroatoms. The number of rotatable bonds is 9. The number of benzene rings is 1. The zero-order chi connectivity index (χ0) is 22.7. The van der Waals surface area contributed by atoms with E-state index in [9.17, 15) is 9.90 Å². The van der Waals surface area contributed by atoms with Crippen molar-refractivity contribution in [2.45, 2.75) is 25.6 Å². The Balaban J connectivity index is 1.72. The van der Waals surface area contributed by atoms with Gasteiger partial charge in [0.05, 0.1) is 36.4 Å². The maximum absolute atomic E-state index is 11.0. The van der Waals surface area contributed by atoms with Crippen LogP contribution >= 0.6 is 11.6 Å². The molecule has 0 saturated carbocycles. The molecule has 0 aliphatic heterocycles. The summed E-state index contributed by atoms with van der Waals surface area (Å²) in [5.41, 5.74) is 2.79. The third-order valence-corrected chi connectivity index (χ3v) is 5.15. The number of aromatic nitrogens is 5. The highest BCUT2D eigenvalue weighted by Gasteiger charge is 2.22. The SMILES string of the molecule is COc1ccc(Cl)cc1-c1c(NC(O)c2cnn3cccnc23)cnn1CCCC(=O)O. The summed E-state index contributed by atoms with van der Waals surface area (Å²) < 4.78 is 8.74. The molecule has 1 aromatic carbocycles. The highest BCUT2D eigenvalue weighted by molar-refractivity contribution is 6.31. The van der Waals surface area contributed by atoms with E-state index < -0.39 is 12.2 Å². The minimum Gasteiger partial charge on any atom is -0.496 e. The molecule has 3 aromatic heterocycles. The van der Waals surface area contributed by atoms with Crippen molar-refractivity contribution in [3.8, 4) is 17.0 Å². The molecule has 4 rings (SSSR count).